The summed E-state index contributed by atoms with van der Waals surface area (Å²) in [5.74, 6) is 0.212. The van der Waals surface area contributed by atoms with Crippen molar-refractivity contribution in [1.82, 2.24) is 9.80 Å². The Balaban J connectivity index is 2.12. The summed E-state index contributed by atoms with van der Waals surface area (Å²) in [6.07, 6.45) is 1.59. The highest BCUT2D eigenvalue weighted by atomic mass is 16.3. The van der Waals surface area contributed by atoms with Gasteiger partial charge in [0.05, 0.1) is 12.6 Å². The lowest BCUT2D eigenvalue weighted by atomic mass is 10.2. The maximum atomic E-state index is 11.5. The number of carbonyl (C=O) groups is 1. The number of aliphatic hydroxyl groups is 1. The van der Waals surface area contributed by atoms with Crippen LogP contribution in [-0.2, 0) is 4.79 Å². The first-order valence-corrected chi connectivity index (χ1v) is 5.24. The van der Waals surface area contributed by atoms with Gasteiger partial charge in [-0.2, -0.15) is 0 Å². The van der Waals surface area contributed by atoms with Crippen LogP contribution in [0, 0.1) is 0 Å². The topological polar surface area (TPSA) is 43.8 Å². The molecule has 4 heteroatoms. The third-order valence-electron chi connectivity index (χ3n) is 2.54. The smallest absolute Gasteiger partial charge is 0.236 e. The maximum Gasteiger partial charge on any atom is 0.236 e. The summed E-state index contributed by atoms with van der Waals surface area (Å²) in [4.78, 5) is 15.3. The molecular weight excluding hydrogens is 180 g/mol. The summed E-state index contributed by atoms with van der Waals surface area (Å²) >= 11 is 0. The van der Waals surface area contributed by atoms with Gasteiger partial charge in [-0.05, 0) is 26.8 Å². The molecule has 1 N–H and O–H groups in total. The van der Waals surface area contributed by atoms with E-state index in [1.165, 1.54) is 0 Å². The number of likely N-dealkylation sites (tertiary alicyclic amines) is 1. The van der Waals surface area contributed by atoms with Crippen LogP contribution >= 0.6 is 0 Å². The van der Waals surface area contributed by atoms with Gasteiger partial charge in [0.25, 0.3) is 0 Å². The van der Waals surface area contributed by atoms with E-state index >= 15 is 0 Å². The number of carbonyl (C=O) groups excluding carboxylic acids is 1. The van der Waals surface area contributed by atoms with Gasteiger partial charge in [0.2, 0.25) is 5.91 Å². The second-order valence-electron chi connectivity index (χ2n) is 4.11. The van der Waals surface area contributed by atoms with Crippen molar-refractivity contribution in [3.05, 3.63) is 0 Å². The largest absolute Gasteiger partial charge is 0.393 e. The van der Waals surface area contributed by atoms with Crippen molar-refractivity contribution < 1.29 is 9.90 Å². The highest BCUT2D eigenvalue weighted by Gasteiger charge is 2.20. The fraction of sp³-hybridized carbons (Fsp3) is 0.900. The molecule has 0 spiro atoms. The van der Waals surface area contributed by atoms with Crippen molar-refractivity contribution in [1.29, 1.82) is 0 Å². The van der Waals surface area contributed by atoms with Gasteiger partial charge < -0.3 is 10.0 Å². The Morgan fingerprint density at radius 1 is 1.57 bits per heavy atom. The third-order valence-corrected chi connectivity index (χ3v) is 2.54. The molecule has 1 atom stereocenters. The molecule has 1 amide bonds. The number of aliphatic hydroxyl groups excluding tert-OH is 1. The van der Waals surface area contributed by atoms with E-state index in [1.807, 2.05) is 16.8 Å². The van der Waals surface area contributed by atoms with Gasteiger partial charge in [0.1, 0.15) is 0 Å². The second-order valence-corrected chi connectivity index (χ2v) is 4.11. The fourth-order valence-electron chi connectivity index (χ4n) is 1.38. The van der Waals surface area contributed by atoms with E-state index < -0.39 is 0 Å². The second kappa shape index (κ2) is 5.32. The Morgan fingerprint density at radius 3 is 2.64 bits per heavy atom. The molecule has 0 aliphatic carbocycles. The summed E-state index contributed by atoms with van der Waals surface area (Å²) in [6.45, 7) is 4.86. The maximum absolute atomic E-state index is 11.5. The molecule has 4 nitrogen and oxygen atoms in total. The predicted octanol–water partition coefficient (Wildman–Crippen LogP) is -0.0786. The summed E-state index contributed by atoms with van der Waals surface area (Å²) in [5.41, 5.74) is 0. The normalized spacial score (nSPS) is 18.1. The monoisotopic (exact) mass is 200 g/mol. The van der Waals surface area contributed by atoms with Gasteiger partial charge in [0, 0.05) is 19.6 Å². The molecule has 1 heterocycles. The Morgan fingerprint density at radius 2 is 2.21 bits per heavy atom. The molecule has 14 heavy (non-hydrogen) atoms. The van der Waals surface area contributed by atoms with E-state index in [2.05, 4.69) is 0 Å². The van der Waals surface area contributed by atoms with E-state index in [0.29, 0.717) is 6.54 Å². The average molecular weight is 200 g/mol. The van der Waals surface area contributed by atoms with Crippen LogP contribution in [-0.4, -0.2) is 60.1 Å². The van der Waals surface area contributed by atoms with Gasteiger partial charge >= 0.3 is 0 Å². The molecular formula is C10H20N2O2. The first kappa shape index (κ1) is 11.5. The lowest BCUT2D eigenvalue weighted by Gasteiger charge is -2.32. The van der Waals surface area contributed by atoms with Crippen LogP contribution in [0.4, 0.5) is 0 Å². The number of nitrogens with zero attached hydrogens (tertiary/aromatic N) is 2. The van der Waals surface area contributed by atoms with Gasteiger partial charge in [-0.25, -0.2) is 0 Å². The van der Waals surface area contributed by atoms with Gasteiger partial charge in [-0.3, -0.25) is 9.69 Å². The molecule has 0 bridgehead atoms. The molecule has 0 saturated carbocycles. The molecule has 0 aromatic carbocycles. The summed E-state index contributed by atoms with van der Waals surface area (Å²) in [7, 11) is 1.92. The standard InChI is InChI=1S/C10H20N2O2/c1-9(13)4-7-11(2)8-10(14)12-5-3-6-12/h9,13H,3-8H2,1-2H3. The molecule has 1 saturated heterocycles. The van der Waals surface area contributed by atoms with Crippen LogP contribution in [0.25, 0.3) is 0 Å². The van der Waals surface area contributed by atoms with E-state index in [4.69, 9.17) is 5.11 Å². The van der Waals surface area contributed by atoms with Crippen LogP contribution in [0.5, 0.6) is 0 Å². The Labute approximate surface area is 85.5 Å². The van der Waals surface area contributed by atoms with E-state index in [9.17, 15) is 4.79 Å². The van der Waals surface area contributed by atoms with Gasteiger partial charge in [0.15, 0.2) is 0 Å². The molecule has 1 aliphatic rings. The Bertz CT molecular complexity index is 191. The van der Waals surface area contributed by atoms with Crippen LogP contribution in [0.2, 0.25) is 0 Å². The minimum absolute atomic E-state index is 0.212. The lowest BCUT2D eigenvalue weighted by molar-refractivity contribution is -0.135. The SMILES string of the molecule is CC(O)CCN(C)CC(=O)N1CCC1. The Kier molecular flexibility index (Phi) is 4.35. The van der Waals surface area contributed by atoms with Gasteiger partial charge in [-0.15, -0.1) is 0 Å². The quantitative estimate of drug-likeness (QED) is 0.675. The summed E-state index contributed by atoms with van der Waals surface area (Å²) in [6, 6.07) is 0. The minimum Gasteiger partial charge on any atom is -0.393 e. The third kappa shape index (κ3) is 3.64. The minimum atomic E-state index is -0.281. The fourth-order valence-corrected chi connectivity index (χ4v) is 1.38. The number of rotatable bonds is 5. The van der Waals surface area contributed by atoms with Crippen molar-refractivity contribution in [2.75, 3.05) is 33.2 Å². The zero-order valence-corrected chi connectivity index (χ0v) is 9.07. The summed E-state index contributed by atoms with van der Waals surface area (Å²) < 4.78 is 0. The lowest BCUT2D eigenvalue weighted by Crippen LogP contribution is -2.46. The summed E-state index contributed by atoms with van der Waals surface area (Å²) in [5, 5.41) is 9.08. The van der Waals surface area contributed by atoms with Crippen LogP contribution in [0.1, 0.15) is 19.8 Å². The van der Waals surface area contributed by atoms with E-state index in [0.717, 1.165) is 32.5 Å². The molecule has 0 aromatic heterocycles. The van der Waals surface area contributed by atoms with Crippen LogP contribution in [0.3, 0.4) is 0 Å². The van der Waals surface area contributed by atoms with Crippen LogP contribution in [0.15, 0.2) is 0 Å². The number of likely N-dealkylation sites (N-methyl/N-ethyl adjacent to an activating group) is 1. The molecule has 0 radical (unpaired) electrons. The molecule has 0 aromatic rings. The van der Waals surface area contributed by atoms with Crippen molar-refractivity contribution >= 4 is 5.91 Å². The highest BCUT2D eigenvalue weighted by Crippen LogP contribution is 2.06. The van der Waals surface area contributed by atoms with Crippen molar-refractivity contribution in [2.45, 2.75) is 25.9 Å². The molecule has 1 aliphatic heterocycles. The average Bonchev–Trinajstić information content (AvgIpc) is 1.97. The van der Waals surface area contributed by atoms with Crippen molar-refractivity contribution in [2.24, 2.45) is 0 Å². The van der Waals surface area contributed by atoms with Crippen molar-refractivity contribution in [3.63, 3.8) is 0 Å². The predicted molar refractivity (Wildman–Crippen MR) is 55.0 cm³/mol. The number of hydrogen-bond acceptors (Lipinski definition) is 3. The Hall–Kier alpha value is -0.610. The first-order chi connectivity index (χ1) is 6.59. The zero-order valence-electron chi connectivity index (χ0n) is 9.07. The molecule has 82 valence electrons. The van der Waals surface area contributed by atoms with Gasteiger partial charge in [-0.1, -0.05) is 0 Å². The molecule has 1 unspecified atom stereocenters. The first-order valence-electron chi connectivity index (χ1n) is 5.24. The van der Waals surface area contributed by atoms with Crippen LogP contribution < -0.4 is 0 Å². The van der Waals surface area contributed by atoms with Crippen molar-refractivity contribution in [3.8, 4) is 0 Å². The number of amides is 1. The zero-order chi connectivity index (χ0) is 10.6. The van der Waals surface area contributed by atoms with E-state index in [-0.39, 0.29) is 12.0 Å². The van der Waals surface area contributed by atoms with E-state index in [1.54, 1.807) is 6.92 Å². The number of hydrogen-bond donors (Lipinski definition) is 1. The molecule has 1 rings (SSSR count). The highest BCUT2D eigenvalue weighted by molar-refractivity contribution is 5.78. The molecule has 1 fully saturated rings.